The van der Waals surface area contributed by atoms with E-state index in [2.05, 4.69) is 5.32 Å². The number of benzene rings is 2. The fraction of sp³-hybridized carbons (Fsp3) is 0.176. The van der Waals surface area contributed by atoms with Crippen LogP contribution in [-0.2, 0) is 21.1 Å². The molecule has 8 heteroatoms. The van der Waals surface area contributed by atoms with Gasteiger partial charge in [-0.1, -0.05) is 18.2 Å². The quantitative estimate of drug-likeness (QED) is 0.710. The van der Waals surface area contributed by atoms with Gasteiger partial charge in [0, 0.05) is 18.2 Å². The number of rotatable bonds is 6. The number of carbonyl (C=O) groups is 2. The summed E-state index contributed by atoms with van der Waals surface area (Å²) in [6.45, 7) is 0. The highest BCUT2D eigenvalue weighted by Crippen LogP contribution is 2.13. The van der Waals surface area contributed by atoms with Crippen molar-refractivity contribution >= 4 is 21.7 Å². The first-order valence-electron chi connectivity index (χ1n) is 7.28. The van der Waals surface area contributed by atoms with E-state index >= 15 is 0 Å². The molecule has 1 amide bonds. The number of carboxylic acids is 1. The van der Waals surface area contributed by atoms with Crippen molar-refractivity contribution in [2.75, 3.05) is 6.26 Å². The largest absolute Gasteiger partial charge is 0.508 e. The second-order valence-electron chi connectivity index (χ2n) is 5.53. The van der Waals surface area contributed by atoms with Crippen LogP contribution in [0.1, 0.15) is 15.9 Å². The standard InChI is InChI=1S/C17H17NO6S/c1-25(23,24)14-4-2-3-12(10-14)16(20)18-15(17(21)22)9-11-5-7-13(19)8-6-11/h2-8,10,15,19H,9H2,1H3,(H,18,20)(H,21,22). The molecule has 3 N–H and O–H groups in total. The van der Waals surface area contributed by atoms with E-state index in [1.165, 1.54) is 36.4 Å². The molecule has 25 heavy (non-hydrogen) atoms. The van der Waals surface area contributed by atoms with Gasteiger partial charge in [0.1, 0.15) is 11.8 Å². The van der Waals surface area contributed by atoms with Gasteiger partial charge in [0.15, 0.2) is 9.84 Å². The highest BCUT2D eigenvalue weighted by atomic mass is 32.2. The van der Waals surface area contributed by atoms with Crippen molar-refractivity contribution in [1.82, 2.24) is 5.32 Å². The monoisotopic (exact) mass is 363 g/mol. The van der Waals surface area contributed by atoms with Crippen LogP contribution in [0, 0.1) is 0 Å². The van der Waals surface area contributed by atoms with Crippen molar-refractivity contribution in [3.05, 3.63) is 59.7 Å². The lowest BCUT2D eigenvalue weighted by Gasteiger charge is -2.15. The number of carboxylic acid groups (broad SMARTS) is 1. The SMILES string of the molecule is CS(=O)(=O)c1cccc(C(=O)NC(Cc2ccc(O)cc2)C(=O)O)c1. The van der Waals surface area contributed by atoms with Crippen LogP contribution in [0.25, 0.3) is 0 Å². The molecule has 0 bridgehead atoms. The van der Waals surface area contributed by atoms with Gasteiger partial charge in [0.05, 0.1) is 4.90 Å². The van der Waals surface area contributed by atoms with E-state index in [0.717, 1.165) is 6.26 Å². The molecule has 0 aliphatic heterocycles. The maximum Gasteiger partial charge on any atom is 0.326 e. The molecule has 7 nitrogen and oxygen atoms in total. The summed E-state index contributed by atoms with van der Waals surface area (Å²) in [5, 5.41) is 20.9. The Kier molecular flexibility index (Phi) is 5.43. The molecule has 2 aromatic carbocycles. The fourth-order valence-corrected chi connectivity index (χ4v) is 2.84. The number of aliphatic carboxylic acids is 1. The molecule has 2 aromatic rings. The maximum absolute atomic E-state index is 12.3. The zero-order chi connectivity index (χ0) is 18.6. The first-order valence-corrected chi connectivity index (χ1v) is 9.17. The molecule has 0 aliphatic rings. The third-order valence-electron chi connectivity index (χ3n) is 3.50. The first-order chi connectivity index (χ1) is 11.7. The summed E-state index contributed by atoms with van der Waals surface area (Å²) >= 11 is 0. The van der Waals surface area contributed by atoms with Crippen molar-refractivity contribution in [2.45, 2.75) is 17.4 Å². The molecule has 0 saturated heterocycles. The van der Waals surface area contributed by atoms with Gasteiger partial charge >= 0.3 is 5.97 Å². The van der Waals surface area contributed by atoms with Gasteiger partial charge in [0.25, 0.3) is 5.91 Å². The second-order valence-corrected chi connectivity index (χ2v) is 7.55. The van der Waals surface area contributed by atoms with Crippen molar-refractivity contribution < 1.29 is 28.2 Å². The highest BCUT2D eigenvalue weighted by Gasteiger charge is 2.22. The third-order valence-corrected chi connectivity index (χ3v) is 4.61. The molecule has 0 aromatic heterocycles. The van der Waals surface area contributed by atoms with Gasteiger partial charge in [-0.2, -0.15) is 0 Å². The second kappa shape index (κ2) is 7.35. The predicted octanol–water partition coefficient (Wildman–Crippen LogP) is 1.22. The summed E-state index contributed by atoms with van der Waals surface area (Å²) in [6.07, 6.45) is 1.04. The van der Waals surface area contributed by atoms with Gasteiger partial charge in [-0.25, -0.2) is 13.2 Å². The Labute approximate surface area is 144 Å². The van der Waals surface area contributed by atoms with E-state index in [9.17, 15) is 28.2 Å². The van der Waals surface area contributed by atoms with Crippen LogP contribution in [0.15, 0.2) is 53.4 Å². The summed E-state index contributed by atoms with van der Waals surface area (Å²) in [5.74, 6) is -1.85. The minimum atomic E-state index is -3.48. The first kappa shape index (κ1) is 18.5. The molecule has 0 fully saturated rings. The number of hydrogen-bond donors (Lipinski definition) is 3. The molecule has 0 spiro atoms. The number of phenols is 1. The Morgan fingerprint density at radius 3 is 2.32 bits per heavy atom. The number of aromatic hydroxyl groups is 1. The number of amides is 1. The van der Waals surface area contributed by atoms with Crippen molar-refractivity contribution in [1.29, 1.82) is 0 Å². The topological polar surface area (TPSA) is 121 Å². The number of phenolic OH excluding ortho intramolecular Hbond substituents is 1. The van der Waals surface area contributed by atoms with Crippen LogP contribution >= 0.6 is 0 Å². The minimum absolute atomic E-state index is 0.0210. The van der Waals surface area contributed by atoms with Gasteiger partial charge in [-0.3, -0.25) is 4.79 Å². The lowest BCUT2D eigenvalue weighted by atomic mass is 10.1. The maximum atomic E-state index is 12.3. The predicted molar refractivity (Wildman–Crippen MR) is 90.3 cm³/mol. The van der Waals surface area contributed by atoms with Crippen LogP contribution < -0.4 is 5.32 Å². The summed E-state index contributed by atoms with van der Waals surface area (Å²) in [7, 11) is -3.48. The zero-order valence-electron chi connectivity index (χ0n) is 13.3. The van der Waals surface area contributed by atoms with Gasteiger partial charge in [-0.15, -0.1) is 0 Å². The third kappa shape index (κ3) is 5.05. The average molecular weight is 363 g/mol. The van der Waals surface area contributed by atoms with E-state index in [1.807, 2.05) is 0 Å². The average Bonchev–Trinajstić information content (AvgIpc) is 2.55. The van der Waals surface area contributed by atoms with Crippen LogP contribution in [0.5, 0.6) is 5.75 Å². The van der Waals surface area contributed by atoms with Crippen LogP contribution in [0.3, 0.4) is 0 Å². The summed E-state index contributed by atoms with van der Waals surface area (Å²) in [6, 6.07) is 10.1. The number of sulfone groups is 1. The zero-order valence-corrected chi connectivity index (χ0v) is 14.2. The molecule has 1 unspecified atom stereocenters. The van der Waals surface area contributed by atoms with E-state index in [0.29, 0.717) is 5.56 Å². The number of carbonyl (C=O) groups excluding carboxylic acids is 1. The molecule has 132 valence electrons. The molecular weight excluding hydrogens is 346 g/mol. The minimum Gasteiger partial charge on any atom is -0.508 e. The number of nitrogens with one attached hydrogen (secondary N) is 1. The van der Waals surface area contributed by atoms with Crippen molar-refractivity contribution in [3.63, 3.8) is 0 Å². The Balaban J connectivity index is 2.18. The van der Waals surface area contributed by atoms with Crippen LogP contribution in [-0.4, -0.2) is 42.8 Å². The number of hydrogen-bond acceptors (Lipinski definition) is 5. The Morgan fingerprint density at radius 1 is 1.12 bits per heavy atom. The van der Waals surface area contributed by atoms with Crippen molar-refractivity contribution in [3.8, 4) is 5.75 Å². The van der Waals surface area contributed by atoms with E-state index in [1.54, 1.807) is 12.1 Å². The normalized spacial score (nSPS) is 12.4. The van der Waals surface area contributed by atoms with E-state index in [4.69, 9.17) is 0 Å². The molecule has 0 aliphatic carbocycles. The summed E-state index contributed by atoms with van der Waals surface area (Å²) in [5.41, 5.74) is 0.676. The van der Waals surface area contributed by atoms with E-state index < -0.39 is 27.8 Å². The molecule has 0 heterocycles. The molecule has 2 rings (SSSR count). The van der Waals surface area contributed by atoms with Crippen LogP contribution in [0.2, 0.25) is 0 Å². The van der Waals surface area contributed by atoms with Crippen LogP contribution in [0.4, 0.5) is 0 Å². The van der Waals surface area contributed by atoms with Gasteiger partial charge < -0.3 is 15.5 Å². The highest BCUT2D eigenvalue weighted by molar-refractivity contribution is 7.90. The Morgan fingerprint density at radius 2 is 1.76 bits per heavy atom. The van der Waals surface area contributed by atoms with Crippen molar-refractivity contribution in [2.24, 2.45) is 0 Å². The lowest BCUT2D eigenvalue weighted by molar-refractivity contribution is -0.139. The molecule has 1 atom stereocenters. The molecular formula is C17H17NO6S. The summed E-state index contributed by atoms with van der Waals surface area (Å²) < 4.78 is 23.1. The van der Waals surface area contributed by atoms with E-state index in [-0.39, 0.29) is 22.6 Å². The Hall–Kier alpha value is -2.87. The Bertz CT molecular complexity index is 890. The van der Waals surface area contributed by atoms with Gasteiger partial charge in [0.2, 0.25) is 0 Å². The molecule has 0 radical (unpaired) electrons. The fourth-order valence-electron chi connectivity index (χ4n) is 2.18. The summed E-state index contributed by atoms with van der Waals surface area (Å²) in [4.78, 5) is 23.7. The lowest BCUT2D eigenvalue weighted by Crippen LogP contribution is -2.42. The smallest absolute Gasteiger partial charge is 0.326 e. The van der Waals surface area contributed by atoms with Gasteiger partial charge in [-0.05, 0) is 35.9 Å². The molecule has 0 saturated carbocycles.